The van der Waals surface area contributed by atoms with Crippen LogP contribution in [0.2, 0.25) is 0 Å². The van der Waals surface area contributed by atoms with Crippen molar-refractivity contribution in [3.63, 3.8) is 0 Å². The number of nitrogens with zero attached hydrogens (tertiary/aromatic N) is 2. The van der Waals surface area contributed by atoms with Crippen molar-refractivity contribution in [3.05, 3.63) is 59.8 Å². The maximum absolute atomic E-state index is 10.9. The van der Waals surface area contributed by atoms with Crippen LogP contribution in [0, 0.1) is 5.92 Å². The van der Waals surface area contributed by atoms with Gasteiger partial charge in [-0.2, -0.15) is 5.10 Å². The maximum atomic E-state index is 10.9. The van der Waals surface area contributed by atoms with E-state index in [0.717, 1.165) is 31.6 Å². The van der Waals surface area contributed by atoms with E-state index in [1.54, 1.807) is 0 Å². The number of H-pyrrole nitrogens is 1. The van der Waals surface area contributed by atoms with Gasteiger partial charge >= 0.3 is 0 Å². The van der Waals surface area contributed by atoms with Crippen LogP contribution in [0.5, 0.6) is 5.75 Å². The number of hydrogen-bond acceptors (Lipinski definition) is 4. The first-order chi connectivity index (χ1) is 13.7. The summed E-state index contributed by atoms with van der Waals surface area (Å²) in [6.07, 6.45) is 5.47. The third-order valence-corrected chi connectivity index (χ3v) is 5.32. The summed E-state index contributed by atoms with van der Waals surface area (Å²) >= 11 is 0. The van der Waals surface area contributed by atoms with Gasteiger partial charge in [-0.3, -0.25) is 14.8 Å². The Hall–Kier alpha value is -2.86. The number of primary amides is 1. The number of likely N-dealkylation sites (tertiary alicyclic amines) is 1. The summed E-state index contributed by atoms with van der Waals surface area (Å²) in [4.78, 5) is 13.4. The number of aromatic nitrogens is 2. The molecule has 3 aromatic rings. The molecule has 0 spiro atoms. The first kappa shape index (κ1) is 18.5. The normalized spacial score (nSPS) is 17.6. The minimum absolute atomic E-state index is 0.0871. The van der Waals surface area contributed by atoms with Crippen molar-refractivity contribution in [2.24, 2.45) is 11.7 Å². The van der Waals surface area contributed by atoms with E-state index in [4.69, 9.17) is 10.5 Å². The molecule has 1 aromatic heterocycles. The number of rotatable bonds is 7. The van der Waals surface area contributed by atoms with Crippen LogP contribution >= 0.6 is 0 Å². The first-order valence-corrected chi connectivity index (χ1v) is 9.80. The summed E-state index contributed by atoms with van der Waals surface area (Å²) in [6.45, 7) is 3.01. The Morgan fingerprint density at radius 1 is 1.25 bits per heavy atom. The molecule has 0 radical (unpaired) electrons. The lowest BCUT2D eigenvalue weighted by Crippen LogP contribution is -2.35. The predicted octanol–water partition coefficient (Wildman–Crippen LogP) is 2.88. The maximum Gasteiger partial charge on any atom is 0.255 e. The lowest BCUT2D eigenvalue weighted by molar-refractivity contribution is -0.119. The minimum atomic E-state index is -0.460. The van der Waals surface area contributed by atoms with Crippen molar-refractivity contribution in [1.29, 1.82) is 0 Å². The molecule has 2 heterocycles. The van der Waals surface area contributed by atoms with Gasteiger partial charge in [0, 0.05) is 18.5 Å². The molecule has 1 unspecified atom stereocenters. The largest absolute Gasteiger partial charge is 0.484 e. The van der Waals surface area contributed by atoms with Crippen LogP contribution < -0.4 is 10.5 Å². The van der Waals surface area contributed by atoms with Crippen LogP contribution in [0.25, 0.3) is 10.9 Å². The van der Waals surface area contributed by atoms with Gasteiger partial charge in [-0.05, 0) is 67.1 Å². The highest BCUT2D eigenvalue weighted by atomic mass is 16.5. The molecule has 1 amide bonds. The molecule has 1 aliphatic heterocycles. The zero-order chi connectivity index (χ0) is 19.3. The lowest BCUT2D eigenvalue weighted by Gasteiger charge is -2.33. The number of benzene rings is 2. The van der Waals surface area contributed by atoms with E-state index in [2.05, 4.69) is 39.4 Å². The lowest BCUT2D eigenvalue weighted by atomic mass is 9.90. The zero-order valence-electron chi connectivity index (χ0n) is 15.9. The van der Waals surface area contributed by atoms with Gasteiger partial charge in [0.15, 0.2) is 6.61 Å². The van der Waals surface area contributed by atoms with E-state index in [9.17, 15) is 4.79 Å². The van der Waals surface area contributed by atoms with Gasteiger partial charge in [-0.15, -0.1) is 0 Å². The second-order valence-electron chi connectivity index (χ2n) is 7.64. The van der Waals surface area contributed by atoms with Gasteiger partial charge in [-0.25, -0.2) is 0 Å². The Morgan fingerprint density at radius 2 is 2.18 bits per heavy atom. The van der Waals surface area contributed by atoms with Crippen LogP contribution in [0.1, 0.15) is 24.0 Å². The third-order valence-electron chi connectivity index (χ3n) is 5.32. The Labute approximate surface area is 164 Å². The monoisotopic (exact) mass is 378 g/mol. The number of fused-ring (bicyclic) bond motifs is 1. The molecule has 1 fully saturated rings. The second-order valence-corrected chi connectivity index (χ2v) is 7.64. The molecule has 0 bridgehead atoms. The highest BCUT2D eigenvalue weighted by Gasteiger charge is 2.20. The van der Waals surface area contributed by atoms with Gasteiger partial charge in [0.05, 0.1) is 11.7 Å². The number of carbonyl (C=O) groups is 1. The summed E-state index contributed by atoms with van der Waals surface area (Å²) < 4.78 is 5.43. The van der Waals surface area contributed by atoms with E-state index < -0.39 is 5.91 Å². The molecular formula is C22H26N4O2. The number of hydrogen-bond donors (Lipinski definition) is 2. The molecule has 6 nitrogen and oxygen atoms in total. The first-order valence-electron chi connectivity index (χ1n) is 9.80. The van der Waals surface area contributed by atoms with Gasteiger partial charge < -0.3 is 10.5 Å². The average Bonchev–Trinajstić information content (AvgIpc) is 3.15. The van der Waals surface area contributed by atoms with Gasteiger partial charge in [0.1, 0.15) is 5.75 Å². The van der Waals surface area contributed by atoms with Gasteiger partial charge in [0.2, 0.25) is 0 Å². The molecule has 0 aliphatic carbocycles. The Bertz CT molecular complexity index is 952. The molecule has 146 valence electrons. The molecule has 1 aliphatic rings. The summed E-state index contributed by atoms with van der Waals surface area (Å²) in [7, 11) is 0. The molecule has 1 saturated heterocycles. The smallest absolute Gasteiger partial charge is 0.255 e. The molecule has 2 aromatic carbocycles. The van der Waals surface area contributed by atoms with Crippen LogP contribution in [0.3, 0.4) is 0 Å². The summed E-state index contributed by atoms with van der Waals surface area (Å²) in [6, 6.07) is 14.5. The van der Waals surface area contributed by atoms with Crippen molar-refractivity contribution in [2.45, 2.75) is 25.8 Å². The fraction of sp³-hybridized carbons (Fsp3) is 0.364. The second kappa shape index (κ2) is 8.44. The molecule has 4 rings (SSSR count). The standard InChI is InChI=1S/C22H26N4O2/c23-22(27)15-28-20-5-1-3-18(11-20)14-26-8-2-4-17(13-26)9-16-6-7-21-19(10-16)12-24-25-21/h1,3,5-7,10-12,17H,2,4,8-9,13-15H2,(H2,23,27)(H,24,25). The molecule has 6 heteroatoms. The van der Waals surface area contributed by atoms with Gasteiger partial charge in [-0.1, -0.05) is 18.2 Å². The number of aromatic amines is 1. The fourth-order valence-corrected chi connectivity index (χ4v) is 4.06. The number of ether oxygens (including phenoxy) is 1. The molecule has 0 saturated carbocycles. The van der Waals surface area contributed by atoms with Gasteiger partial charge in [0.25, 0.3) is 5.91 Å². The SMILES string of the molecule is NC(=O)COc1cccc(CN2CCCC(Cc3ccc4[nH]ncc4c3)C2)c1. The molecule has 1 atom stereocenters. The van der Waals surface area contributed by atoms with Crippen molar-refractivity contribution < 1.29 is 9.53 Å². The Balaban J connectivity index is 1.35. The molecular weight excluding hydrogens is 352 g/mol. The zero-order valence-corrected chi connectivity index (χ0v) is 15.9. The van der Waals surface area contributed by atoms with E-state index >= 15 is 0 Å². The summed E-state index contributed by atoms with van der Waals surface area (Å²) in [5.41, 5.74) is 8.82. The number of nitrogens with one attached hydrogen (secondary N) is 1. The van der Waals surface area contributed by atoms with Crippen LogP contribution in [-0.4, -0.2) is 40.7 Å². The number of carbonyl (C=O) groups excluding carboxylic acids is 1. The highest BCUT2D eigenvalue weighted by molar-refractivity contribution is 5.78. The highest BCUT2D eigenvalue weighted by Crippen LogP contribution is 2.24. The number of nitrogens with two attached hydrogens (primary N) is 1. The quantitative estimate of drug-likeness (QED) is 0.662. The average molecular weight is 378 g/mol. The molecule has 28 heavy (non-hydrogen) atoms. The predicted molar refractivity (Wildman–Crippen MR) is 109 cm³/mol. The number of piperidine rings is 1. The van der Waals surface area contributed by atoms with Crippen molar-refractivity contribution in [1.82, 2.24) is 15.1 Å². The van der Waals surface area contributed by atoms with Crippen molar-refractivity contribution >= 4 is 16.8 Å². The van der Waals surface area contributed by atoms with Crippen molar-refractivity contribution in [3.8, 4) is 5.75 Å². The molecule has 3 N–H and O–H groups in total. The van der Waals surface area contributed by atoms with E-state index in [-0.39, 0.29) is 6.61 Å². The van der Waals surface area contributed by atoms with Crippen LogP contribution in [0.15, 0.2) is 48.7 Å². The minimum Gasteiger partial charge on any atom is -0.484 e. The Kier molecular flexibility index (Phi) is 5.58. The summed E-state index contributed by atoms with van der Waals surface area (Å²) in [5.74, 6) is 0.892. The van der Waals surface area contributed by atoms with E-state index in [0.29, 0.717) is 11.7 Å². The topological polar surface area (TPSA) is 84.2 Å². The van der Waals surface area contributed by atoms with Crippen LogP contribution in [0.4, 0.5) is 0 Å². The summed E-state index contributed by atoms with van der Waals surface area (Å²) in [5, 5.41) is 8.30. The Morgan fingerprint density at radius 3 is 3.07 bits per heavy atom. The van der Waals surface area contributed by atoms with E-state index in [1.165, 1.54) is 29.4 Å². The van der Waals surface area contributed by atoms with Crippen LogP contribution in [-0.2, 0) is 17.8 Å². The fourth-order valence-electron chi connectivity index (χ4n) is 4.06. The van der Waals surface area contributed by atoms with Crippen molar-refractivity contribution in [2.75, 3.05) is 19.7 Å². The number of amides is 1. The van der Waals surface area contributed by atoms with E-state index in [1.807, 2.05) is 24.4 Å². The third kappa shape index (κ3) is 4.70.